The molecular weight excluding hydrogens is 224 g/mol. The van der Waals surface area contributed by atoms with E-state index in [2.05, 4.69) is 5.32 Å². The number of hydrogen-bond donors (Lipinski definition) is 1. The van der Waals surface area contributed by atoms with Crippen molar-refractivity contribution in [3.63, 3.8) is 0 Å². The zero-order valence-electron chi connectivity index (χ0n) is 9.36. The number of thiophene rings is 1. The van der Waals surface area contributed by atoms with Gasteiger partial charge in [-0.1, -0.05) is 0 Å². The highest BCUT2D eigenvalue weighted by Crippen LogP contribution is 2.23. The molecule has 1 saturated heterocycles. The number of amides is 1. The van der Waals surface area contributed by atoms with Crippen LogP contribution in [0.3, 0.4) is 0 Å². The molecule has 1 aromatic heterocycles. The van der Waals surface area contributed by atoms with E-state index in [1.807, 2.05) is 23.3 Å². The van der Waals surface area contributed by atoms with Crippen molar-refractivity contribution in [2.24, 2.45) is 0 Å². The second-order valence-electron chi connectivity index (χ2n) is 3.62. The van der Waals surface area contributed by atoms with Gasteiger partial charge in [-0.2, -0.15) is 0 Å². The summed E-state index contributed by atoms with van der Waals surface area (Å²) in [6.07, 6.45) is 0. The van der Waals surface area contributed by atoms with Gasteiger partial charge in [0.15, 0.2) is 0 Å². The molecule has 5 heteroatoms. The smallest absolute Gasteiger partial charge is 0.264 e. The van der Waals surface area contributed by atoms with Gasteiger partial charge < -0.3 is 15.0 Å². The Hall–Kier alpha value is -1.07. The summed E-state index contributed by atoms with van der Waals surface area (Å²) in [4.78, 5) is 14.7. The average molecular weight is 240 g/mol. The van der Waals surface area contributed by atoms with Gasteiger partial charge in [0.1, 0.15) is 5.75 Å². The molecule has 0 aliphatic carbocycles. The Morgan fingerprint density at radius 2 is 2.31 bits per heavy atom. The first-order valence-corrected chi connectivity index (χ1v) is 6.40. The standard InChI is InChI=1S/C11H16N2O2S/c1-2-15-9-7-10(16-8-9)11(14)13-5-3-12-4-6-13/h7-8,12H,2-6H2,1H3. The zero-order chi connectivity index (χ0) is 11.4. The molecule has 0 saturated carbocycles. The zero-order valence-corrected chi connectivity index (χ0v) is 10.2. The number of hydrogen-bond acceptors (Lipinski definition) is 4. The third-order valence-electron chi connectivity index (χ3n) is 2.50. The fraction of sp³-hybridized carbons (Fsp3) is 0.545. The van der Waals surface area contributed by atoms with E-state index in [0.717, 1.165) is 36.8 Å². The second kappa shape index (κ2) is 5.32. The molecule has 16 heavy (non-hydrogen) atoms. The molecule has 88 valence electrons. The van der Waals surface area contributed by atoms with Crippen LogP contribution >= 0.6 is 11.3 Å². The Bertz CT molecular complexity index is 359. The quantitative estimate of drug-likeness (QED) is 0.863. The van der Waals surface area contributed by atoms with Crippen LogP contribution in [-0.4, -0.2) is 43.6 Å². The van der Waals surface area contributed by atoms with Crippen LogP contribution in [-0.2, 0) is 0 Å². The number of nitrogens with one attached hydrogen (secondary N) is 1. The highest BCUT2D eigenvalue weighted by atomic mass is 32.1. The molecule has 0 atom stereocenters. The molecule has 1 fully saturated rings. The lowest BCUT2D eigenvalue weighted by Crippen LogP contribution is -2.46. The summed E-state index contributed by atoms with van der Waals surface area (Å²) in [6, 6.07) is 1.83. The number of rotatable bonds is 3. The molecule has 0 bridgehead atoms. The highest BCUT2D eigenvalue weighted by molar-refractivity contribution is 7.12. The third-order valence-corrected chi connectivity index (χ3v) is 3.40. The van der Waals surface area contributed by atoms with Gasteiger partial charge in [0.05, 0.1) is 11.5 Å². The number of ether oxygens (including phenoxy) is 1. The first-order chi connectivity index (χ1) is 7.81. The lowest BCUT2D eigenvalue weighted by molar-refractivity contribution is 0.0740. The van der Waals surface area contributed by atoms with E-state index in [4.69, 9.17) is 4.74 Å². The Kier molecular flexibility index (Phi) is 3.79. The van der Waals surface area contributed by atoms with Gasteiger partial charge in [-0.15, -0.1) is 11.3 Å². The Balaban J connectivity index is 2.01. The maximum Gasteiger partial charge on any atom is 0.264 e. The first kappa shape index (κ1) is 11.4. The van der Waals surface area contributed by atoms with E-state index >= 15 is 0 Å². The van der Waals surface area contributed by atoms with Gasteiger partial charge in [-0.25, -0.2) is 0 Å². The fourth-order valence-corrected chi connectivity index (χ4v) is 2.49. The maximum atomic E-state index is 12.1. The molecule has 1 N–H and O–H groups in total. The van der Waals surface area contributed by atoms with E-state index in [1.165, 1.54) is 11.3 Å². The minimum absolute atomic E-state index is 0.123. The SMILES string of the molecule is CCOc1csc(C(=O)N2CCNCC2)c1. The lowest BCUT2D eigenvalue weighted by Gasteiger charge is -2.26. The lowest BCUT2D eigenvalue weighted by atomic mass is 10.3. The van der Waals surface area contributed by atoms with Gasteiger partial charge in [0.25, 0.3) is 5.91 Å². The van der Waals surface area contributed by atoms with Crippen molar-refractivity contribution in [3.05, 3.63) is 16.3 Å². The van der Waals surface area contributed by atoms with Crippen molar-refractivity contribution >= 4 is 17.2 Å². The topological polar surface area (TPSA) is 41.6 Å². The second-order valence-corrected chi connectivity index (χ2v) is 4.53. The van der Waals surface area contributed by atoms with Crippen LogP contribution in [0.15, 0.2) is 11.4 Å². The number of carbonyl (C=O) groups excluding carboxylic acids is 1. The number of carbonyl (C=O) groups is 1. The largest absolute Gasteiger partial charge is 0.493 e. The van der Waals surface area contributed by atoms with E-state index in [-0.39, 0.29) is 5.91 Å². The summed E-state index contributed by atoms with van der Waals surface area (Å²) in [5.41, 5.74) is 0. The minimum Gasteiger partial charge on any atom is -0.493 e. The van der Waals surface area contributed by atoms with E-state index in [9.17, 15) is 4.79 Å². The Morgan fingerprint density at radius 3 is 3.00 bits per heavy atom. The normalized spacial score (nSPS) is 16.2. The van der Waals surface area contributed by atoms with Gasteiger partial charge in [-0.3, -0.25) is 4.79 Å². The van der Waals surface area contributed by atoms with Crippen molar-refractivity contribution < 1.29 is 9.53 Å². The van der Waals surface area contributed by atoms with Crippen molar-refractivity contribution in [2.45, 2.75) is 6.92 Å². The third kappa shape index (κ3) is 2.54. The molecule has 1 aliphatic rings. The molecular formula is C11H16N2O2S. The summed E-state index contributed by atoms with van der Waals surface area (Å²) in [5.74, 6) is 0.920. The van der Waals surface area contributed by atoms with Crippen LogP contribution in [0.5, 0.6) is 5.75 Å². The number of nitrogens with zero attached hydrogens (tertiary/aromatic N) is 1. The summed E-state index contributed by atoms with van der Waals surface area (Å²) >= 11 is 1.45. The van der Waals surface area contributed by atoms with Crippen LogP contribution < -0.4 is 10.1 Å². The average Bonchev–Trinajstić information content (AvgIpc) is 2.78. The van der Waals surface area contributed by atoms with Crippen molar-refractivity contribution in [1.29, 1.82) is 0 Å². The van der Waals surface area contributed by atoms with Gasteiger partial charge in [0, 0.05) is 37.6 Å². The predicted molar refractivity (Wildman–Crippen MR) is 64.3 cm³/mol. The molecule has 1 aromatic rings. The Labute approximate surface area is 99.2 Å². The van der Waals surface area contributed by atoms with Crippen molar-refractivity contribution in [1.82, 2.24) is 10.2 Å². The highest BCUT2D eigenvalue weighted by Gasteiger charge is 2.19. The van der Waals surface area contributed by atoms with E-state index < -0.39 is 0 Å². The van der Waals surface area contributed by atoms with Crippen molar-refractivity contribution in [3.8, 4) is 5.75 Å². The van der Waals surface area contributed by atoms with Crippen LogP contribution in [0.25, 0.3) is 0 Å². The summed E-state index contributed by atoms with van der Waals surface area (Å²) < 4.78 is 5.35. The monoisotopic (exact) mass is 240 g/mol. The maximum absolute atomic E-state index is 12.1. The fourth-order valence-electron chi connectivity index (χ4n) is 1.70. The van der Waals surface area contributed by atoms with Crippen molar-refractivity contribution in [2.75, 3.05) is 32.8 Å². The molecule has 2 rings (SSSR count). The molecule has 2 heterocycles. The van der Waals surface area contributed by atoms with Crippen LogP contribution in [0.4, 0.5) is 0 Å². The molecule has 0 radical (unpaired) electrons. The predicted octanol–water partition coefficient (Wildman–Crippen LogP) is 1.19. The van der Waals surface area contributed by atoms with E-state index in [0.29, 0.717) is 6.61 Å². The molecule has 4 nitrogen and oxygen atoms in total. The molecule has 0 spiro atoms. The van der Waals surface area contributed by atoms with Gasteiger partial charge >= 0.3 is 0 Å². The Morgan fingerprint density at radius 1 is 1.56 bits per heavy atom. The summed E-state index contributed by atoms with van der Waals surface area (Å²) in [6.45, 7) is 5.93. The van der Waals surface area contributed by atoms with E-state index in [1.54, 1.807) is 0 Å². The molecule has 1 aliphatic heterocycles. The van der Waals surface area contributed by atoms with Crippen LogP contribution in [0.2, 0.25) is 0 Å². The molecule has 1 amide bonds. The van der Waals surface area contributed by atoms with Crippen LogP contribution in [0.1, 0.15) is 16.6 Å². The summed E-state index contributed by atoms with van der Waals surface area (Å²) in [7, 11) is 0. The number of piperazine rings is 1. The molecule has 0 unspecified atom stereocenters. The molecule has 0 aromatic carbocycles. The van der Waals surface area contributed by atoms with Crippen LogP contribution in [0, 0.1) is 0 Å². The van der Waals surface area contributed by atoms with Gasteiger partial charge in [-0.05, 0) is 6.92 Å². The minimum atomic E-state index is 0.123. The van der Waals surface area contributed by atoms with Gasteiger partial charge in [0.2, 0.25) is 0 Å². The first-order valence-electron chi connectivity index (χ1n) is 5.52. The summed E-state index contributed by atoms with van der Waals surface area (Å²) in [5, 5.41) is 5.12.